The Morgan fingerprint density at radius 1 is 1.15 bits per heavy atom. The van der Waals surface area contributed by atoms with Gasteiger partial charge in [-0.05, 0) is 53.4 Å². The van der Waals surface area contributed by atoms with Gasteiger partial charge in [-0.2, -0.15) is 0 Å². The average molecular weight is 369 g/mol. The maximum absolute atomic E-state index is 11.9. The predicted octanol–water partition coefficient (Wildman–Crippen LogP) is 2.41. The minimum atomic E-state index is -0.456. The quantitative estimate of drug-likeness (QED) is 0.513. The summed E-state index contributed by atoms with van der Waals surface area (Å²) in [5.74, 6) is 0.879. The highest BCUT2D eigenvalue weighted by Crippen LogP contribution is 2.26. The molecule has 1 saturated carbocycles. The van der Waals surface area contributed by atoms with Crippen molar-refractivity contribution >= 4 is 12.1 Å². The molecule has 3 N–H and O–H groups in total. The van der Waals surface area contributed by atoms with Gasteiger partial charge in [0, 0.05) is 24.0 Å². The van der Waals surface area contributed by atoms with Crippen LogP contribution in [0.2, 0.25) is 0 Å². The minimum absolute atomic E-state index is 0.178. The maximum atomic E-state index is 11.9. The summed E-state index contributed by atoms with van der Waals surface area (Å²) in [6.45, 7) is 13.1. The molecule has 0 aromatic heterocycles. The molecule has 1 saturated heterocycles. The van der Waals surface area contributed by atoms with E-state index in [9.17, 15) is 4.79 Å². The Hall–Kier alpha value is -1.50. The Balaban J connectivity index is 1.75. The number of guanidine groups is 1. The molecule has 0 atom stereocenters. The fourth-order valence-corrected chi connectivity index (χ4v) is 3.18. The fourth-order valence-electron chi connectivity index (χ4n) is 3.18. The number of carbonyl (C=O) groups excluding carboxylic acids is 1. The Morgan fingerprint density at radius 3 is 2.19 bits per heavy atom. The summed E-state index contributed by atoms with van der Waals surface area (Å²) >= 11 is 0. The molecule has 0 aromatic carbocycles. The van der Waals surface area contributed by atoms with E-state index >= 15 is 0 Å². The molecular weight excluding hydrogens is 332 g/mol. The molecular formula is C19H36N4O3. The number of hydrogen-bond acceptors (Lipinski definition) is 4. The highest BCUT2D eigenvalue weighted by atomic mass is 16.6. The first-order valence-corrected chi connectivity index (χ1v) is 9.81. The maximum Gasteiger partial charge on any atom is 0.407 e. The lowest BCUT2D eigenvalue weighted by atomic mass is 9.89. The van der Waals surface area contributed by atoms with Gasteiger partial charge in [0.2, 0.25) is 0 Å². The number of hydrogen-bond donors (Lipinski definition) is 3. The monoisotopic (exact) mass is 368 g/mol. The molecule has 0 unspecified atom stereocenters. The standard InChI is InChI=1S/C19H36N4O3/c1-6-20-16(21-11-19(5)12-25-13-19)22-14-7-9-15(10-8-14)23-17(24)26-18(2,3)4/h14-15H,6-13H2,1-5H3,(H,23,24)(H2,20,21,22). The molecule has 1 aliphatic heterocycles. The van der Waals surface area contributed by atoms with Crippen LogP contribution in [-0.2, 0) is 9.47 Å². The number of aliphatic imine (C=N–C) groups is 1. The third-order valence-electron chi connectivity index (χ3n) is 4.65. The molecule has 2 rings (SSSR count). The van der Waals surface area contributed by atoms with Crippen LogP contribution in [0.4, 0.5) is 4.79 Å². The second kappa shape index (κ2) is 8.93. The van der Waals surface area contributed by atoms with Crippen molar-refractivity contribution in [1.29, 1.82) is 0 Å². The molecule has 150 valence electrons. The average Bonchev–Trinajstić information content (AvgIpc) is 2.51. The van der Waals surface area contributed by atoms with Crippen molar-refractivity contribution in [3.05, 3.63) is 0 Å². The van der Waals surface area contributed by atoms with Crippen LogP contribution < -0.4 is 16.0 Å². The zero-order valence-corrected chi connectivity index (χ0v) is 17.0. The zero-order valence-electron chi connectivity index (χ0n) is 17.0. The number of rotatable bonds is 5. The van der Waals surface area contributed by atoms with E-state index in [2.05, 4.69) is 29.8 Å². The van der Waals surface area contributed by atoms with Crippen LogP contribution in [0.3, 0.4) is 0 Å². The molecule has 0 radical (unpaired) electrons. The summed E-state index contributed by atoms with van der Waals surface area (Å²) in [7, 11) is 0. The molecule has 2 fully saturated rings. The highest BCUT2D eigenvalue weighted by molar-refractivity contribution is 5.80. The number of carbonyl (C=O) groups is 1. The third-order valence-corrected chi connectivity index (χ3v) is 4.65. The predicted molar refractivity (Wildman–Crippen MR) is 103 cm³/mol. The van der Waals surface area contributed by atoms with Crippen molar-refractivity contribution in [2.75, 3.05) is 26.3 Å². The van der Waals surface area contributed by atoms with E-state index in [1.807, 2.05) is 20.8 Å². The van der Waals surface area contributed by atoms with Gasteiger partial charge in [-0.25, -0.2) is 4.79 Å². The van der Waals surface area contributed by atoms with Crippen LogP contribution in [0.5, 0.6) is 0 Å². The Morgan fingerprint density at radius 2 is 1.73 bits per heavy atom. The van der Waals surface area contributed by atoms with Crippen LogP contribution in [0, 0.1) is 5.41 Å². The van der Waals surface area contributed by atoms with Crippen LogP contribution in [0.1, 0.15) is 60.3 Å². The van der Waals surface area contributed by atoms with Crippen molar-refractivity contribution < 1.29 is 14.3 Å². The van der Waals surface area contributed by atoms with Crippen LogP contribution in [0.15, 0.2) is 4.99 Å². The number of nitrogens with one attached hydrogen (secondary N) is 3. The first-order chi connectivity index (χ1) is 12.2. The zero-order chi connectivity index (χ0) is 19.2. The van der Waals surface area contributed by atoms with Gasteiger partial charge in [0.15, 0.2) is 5.96 Å². The van der Waals surface area contributed by atoms with Crippen molar-refractivity contribution in [2.24, 2.45) is 10.4 Å². The van der Waals surface area contributed by atoms with Crippen LogP contribution >= 0.6 is 0 Å². The number of ether oxygens (including phenoxy) is 2. The smallest absolute Gasteiger partial charge is 0.407 e. The van der Waals surface area contributed by atoms with Gasteiger partial charge in [-0.1, -0.05) is 6.92 Å². The number of amides is 1. The minimum Gasteiger partial charge on any atom is -0.444 e. The van der Waals surface area contributed by atoms with Crippen LogP contribution in [0.25, 0.3) is 0 Å². The molecule has 1 amide bonds. The SMILES string of the molecule is CCNC(=NCC1(C)COC1)NC1CCC(NC(=O)OC(C)(C)C)CC1. The van der Waals surface area contributed by atoms with E-state index in [-0.39, 0.29) is 17.6 Å². The van der Waals surface area contributed by atoms with Gasteiger partial charge in [-0.15, -0.1) is 0 Å². The highest BCUT2D eigenvalue weighted by Gasteiger charge is 2.33. The lowest BCUT2D eigenvalue weighted by Gasteiger charge is -2.37. The summed E-state index contributed by atoms with van der Waals surface area (Å²) in [6.07, 6.45) is 3.58. The lowest BCUT2D eigenvalue weighted by Crippen LogP contribution is -2.49. The summed E-state index contributed by atoms with van der Waals surface area (Å²) in [4.78, 5) is 16.6. The van der Waals surface area contributed by atoms with Gasteiger partial charge in [0.25, 0.3) is 0 Å². The molecule has 1 heterocycles. The molecule has 26 heavy (non-hydrogen) atoms. The van der Waals surface area contributed by atoms with Crippen molar-refractivity contribution in [2.45, 2.75) is 78.0 Å². The summed E-state index contributed by atoms with van der Waals surface area (Å²) in [5.41, 5.74) is -0.278. The molecule has 0 bridgehead atoms. The van der Waals surface area contributed by atoms with Gasteiger partial charge < -0.3 is 25.4 Å². The van der Waals surface area contributed by atoms with Gasteiger partial charge in [0.05, 0.1) is 19.8 Å². The van der Waals surface area contributed by atoms with Gasteiger partial charge in [-0.3, -0.25) is 4.99 Å². The molecule has 0 aromatic rings. The van der Waals surface area contributed by atoms with Gasteiger partial charge in [0.1, 0.15) is 5.60 Å². The normalized spacial score (nSPS) is 25.8. The van der Waals surface area contributed by atoms with Crippen molar-refractivity contribution in [3.63, 3.8) is 0 Å². The second-order valence-corrected chi connectivity index (χ2v) is 8.84. The topological polar surface area (TPSA) is 84.0 Å². The van der Waals surface area contributed by atoms with E-state index in [0.717, 1.165) is 57.9 Å². The largest absolute Gasteiger partial charge is 0.444 e. The summed E-state index contributed by atoms with van der Waals surface area (Å²) < 4.78 is 10.6. The van der Waals surface area contributed by atoms with Gasteiger partial charge >= 0.3 is 6.09 Å². The van der Waals surface area contributed by atoms with Crippen LogP contribution in [-0.4, -0.2) is 56.0 Å². The molecule has 2 aliphatic rings. The molecule has 1 aliphatic carbocycles. The summed E-state index contributed by atoms with van der Waals surface area (Å²) in [5, 5.41) is 9.86. The first-order valence-electron chi connectivity index (χ1n) is 9.81. The van der Waals surface area contributed by atoms with Crippen molar-refractivity contribution in [1.82, 2.24) is 16.0 Å². The van der Waals surface area contributed by atoms with E-state index in [0.29, 0.717) is 6.04 Å². The fraction of sp³-hybridized carbons (Fsp3) is 0.895. The molecule has 0 spiro atoms. The van der Waals surface area contributed by atoms with E-state index < -0.39 is 5.60 Å². The van der Waals surface area contributed by atoms with Crippen molar-refractivity contribution in [3.8, 4) is 0 Å². The molecule has 7 heteroatoms. The lowest BCUT2D eigenvalue weighted by molar-refractivity contribution is -0.0945. The Labute approximate surface area is 157 Å². The van der Waals surface area contributed by atoms with E-state index in [1.54, 1.807) is 0 Å². The van der Waals surface area contributed by atoms with E-state index in [4.69, 9.17) is 14.5 Å². The third kappa shape index (κ3) is 7.02. The second-order valence-electron chi connectivity index (χ2n) is 8.84. The summed E-state index contributed by atoms with van der Waals surface area (Å²) in [6, 6.07) is 0.573. The number of nitrogens with zero attached hydrogens (tertiary/aromatic N) is 1. The Kier molecular flexibility index (Phi) is 7.15. The van der Waals surface area contributed by atoms with E-state index in [1.165, 1.54) is 0 Å². The first kappa shape index (κ1) is 20.8. The Bertz CT molecular complexity index is 490. The molecule has 7 nitrogen and oxygen atoms in total. The number of alkyl carbamates (subject to hydrolysis) is 1.